The maximum Gasteiger partial charge on any atom is 0.0705 e. The number of piperidine rings is 1. The fourth-order valence-electron chi connectivity index (χ4n) is 3.32. The van der Waals surface area contributed by atoms with Crippen LogP contribution < -0.4 is 34.0 Å². The molecule has 1 aliphatic rings. The minimum Gasteiger partial charge on any atom is -0.329 e. The Kier molecular flexibility index (Phi) is 6.61. The second kappa shape index (κ2) is 7.49. The molecule has 0 aromatic rings. The van der Waals surface area contributed by atoms with Crippen LogP contribution in [-0.2, 0) is 0 Å². The van der Waals surface area contributed by atoms with Crippen LogP contribution in [0.5, 0.6) is 0 Å². The molecule has 19 heavy (non-hydrogen) atoms. The van der Waals surface area contributed by atoms with E-state index in [4.69, 9.17) is 28.7 Å². The lowest BCUT2D eigenvalue weighted by Gasteiger charge is -2.55. The summed E-state index contributed by atoms with van der Waals surface area (Å²) in [6.45, 7) is 2.35. The van der Waals surface area contributed by atoms with Crippen molar-refractivity contribution in [3.05, 3.63) is 0 Å². The van der Waals surface area contributed by atoms with Gasteiger partial charge in [0.2, 0.25) is 0 Å². The van der Waals surface area contributed by atoms with Crippen LogP contribution in [-0.4, -0.2) is 61.9 Å². The fourth-order valence-corrected chi connectivity index (χ4v) is 3.32. The monoisotopic (exact) mass is 273 g/mol. The number of nitrogens with zero attached hydrogens (tertiary/aromatic N) is 1. The fraction of sp³-hybridized carbons (Fsp3) is 1.00. The molecule has 114 valence electrons. The van der Waals surface area contributed by atoms with Crippen LogP contribution in [0.1, 0.15) is 19.3 Å². The summed E-state index contributed by atoms with van der Waals surface area (Å²) in [5.74, 6) is 0. The Morgan fingerprint density at radius 3 is 2.16 bits per heavy atom. The third-order valence-corrected chi connectivity index (χ3v) is 4.37. The van der Waals surface area contributed by atoms with E-state index in [0.717, 1.165) is 25.8 Å². The average Bonchev–Trinajstić information content (AvgIpc) is 2.45. The van der Waals surface area contributed by atoms with Gasteiger partial charge in [-0.2, -0.15) is 0 Å². The second-order valence-corrected chi connectivity index (χ2v) is 5.45. The molecule has 0 aliphatic carbocycles. The number of rotatable bonds is 7. The molecular formula is C12H31N7. The van der Waals surface area contributed by atoms with E-state index < -0.39 is 5.54 Å². The van der Waals surface area contributed by atoms with Crippen molar-refractivity contribution < 1.29 is 0 Å². The molecule has 0 bridgehead atoms. The number of hydrogen-bond acceptors (Lipinski definition) is 7. The van der Waals surface area contributed by atoms with Crippen molar-refractivity contribution >= 4 is 0 Å². The molecule has 7 nitrogen and oxygen atoms in total. The first-order chi connectivity index (χ1) is 9.04. The molecule has 1 rings (SSSR count). The Morgan fingerprint density at radius 2 is 1.68 bits per heavy atom. The van der Waals surface area contributed by atoms with E-state index in [1.165, 1.54) is 0 Å². The SMILES string of the molecule is CNCC(N)N1CCCCC1(C(N)CN)C(N)CN. The van der Waals surface area contributed by atoms with Gasteiger partial charge >= 0.3 is 0 Å². The summed E-state index contributed by atoms with van der Waals surface area (Å²) in [6.07, 6.45) is 2.97. The lowest BCUT2D eigenvalue weighted by molar-refractivity contribution is -0.0235. The molecule has 3 atom stereocenters. The molecule has 0 aromatic heterocycles. The van der Waals surface area contributed by atoms with Crippen LogP contribution in [0.3, 0.4) is 0 Å². The normalized spacial score (nSPS) is 30.0. The van der Waals surface area contributed by atoms with Crippen molar-refractivity contribution in [1.82, 2.24) is 10.2 Å². The summed E-state index contributed by atoms with van der Waals surface area (Å²) in [6, 6.07) is -0.427. The van der Waals surface area contributed by atoms with Crippen molar-refractivity contribution in [1.29, 1.82) is 0 Å². The molecule has 1 aliphatic heterocycles. The van der Waals surface area contributed by atoms with Crippen molar-refractivity contribution in [2.75, 3.05) is 33.2 Å². The van der Waals surface area contributed by atoms with E-state index in [9.17, 15) is 0 Å². The highest BCUT2D eigenvalue weighted by Crippen LogP contribution is 2.33. The van der Waals surface area contributed by atoms with Gasteiger partial charge in [0.05, 0.1) is 11.7 Å². The lowest BCUT2D eigenvalue weighted by Crippen LogP contribution is -2.76. The topological polar surface area (TPSA) is 145 Å². The van der Waals surface area contributed by atoms with Crippen molar-refractivity contribution in [2.45, 2.75) is 43.1 Å². The smallest absolute Gasteiger partial charge is 0.0705 e. The van der Waals surface area contributed by atoms with Crippen molar-refractivity contribution in [3.8, 4) is 0 Å². The van der Waals surface area contributed by atoms with Crippen LogP contribution in [0.4, 0.5) is 0 Å². The zero-order valence-corrected chi connectivity index (χ0v) is 12.0. The highest BCUT2D eigenvalue weighted by molar-refractivity contribution is 5.09. The Balaban J connectivity index is 3.06. The first kappa shape index (κ1) is 16.8. The molecule has 0 radical (unpaired) electrons. The summed E-state index contributed by atoms with van der Waals surface area (Å²) >= 11 is 0. The number of likely N-dealkylation sites (tertiary alicyclic amines) is 1. The number of nitrogens with one attached hydrogen (secondary N) is 1. The predicted molar refractivity (Wildman–Crippen MR) is 79.2 cm³/mol. The van der Waals surface area contributed by atoms with E-state index in [-0.39, 0.29) is 18.2 Å². The quantitative estimate of drug-likeness (QED) is 0.296. The summed E-state index contributed by atoms with van der Waals surface area (Å²) in [5.41, 5.74) is 30.1. The number of hydrogen-bond donors (Lipinski definition) is 6. The van der Waals surface area contributed by atoms with Crippen LogP contribution in [0.25, 0.3) is 0 Å². The van der Waals surface area contributed by atoms with Gasteiger partial charge in [0, 0.05) is 38.3 Å². The summed E-state index contributed by atoms with van der Waals surface area (Å²) < 4.78 is 0. The maximum atomic E-state index is 6.31. The first-order valence-electron chi connectivity index (χ1n) is 7.12. The Hall–Kier alpha value is -0.280. The lowest BCUT2D eigenvalue weighted by atomic mass is 9.74. The van der Waals surface area contributed by atoms with E-state index in [0.29, 0.717) is 19.6 Å². The van der Waals surface area contributed by atoms with Gasteiger partial charge in [-0.15, -0.1) is 0 Å². The Labute approximate surface area is 116 Å². The highest BCUT2D eigenvalue weighted by atomic mass is 15.3. The van der Waals surface area contributed by atoms with Crippen LogP contribution in [0.2, 0.25) is 0 Å². The van der Waals surface area contributed by atoms with Crippen LogP contribution in [0, 0.1) is 0 Å². The third kappa shape index (κ3) is 3.25. The molecule has 1 saturated heterocycles. The van der Waals surface area contributed by atoms with Gasteiger partial charge in [0.25, 0.3) is 0 Å². The summed E-state index contributed by atoms with van der Waals surface area (Å²) in [4.78, 5) is 2.22. The van der Waals surface area contributed by atoms with Gasteiger partial charge in [-0.25, -0.2) is 0 Å². The standard InChI is InChI=1S/C12H31N7/c1-18-8-11(17)19-5-3-2-4-12(19,9(15)6-13)10(16)7-14/h9-11,18H,2-8,13-17H2,1H3. The van der Waals surface area contributed by atoms with Crippen molar-refractivity contribution in [3.63, 3.8) is 0 Å². The van der Waals surface area contributed by atoms with Gasteiger partial charge in [-0.3, -0.25) is 4.90 Å². The molecule has 0 amide bonds. The summed E-state index contributed by atoms with van der Waals surface area (Å²) in [7, 11) is 1.89. The molecule has 1 heterocycles. The van der Waals surface area contributed by atoms with E-state index in [2.05, 4.69) is 10.2 Å². The Bertz CT molecular complexity index is 250. The van der Waals surface area contributed by atoms with Gasteiger partial charge in [0.1, 0.15) is 0 Å². The van der Waals surface area contributed by atoms with Crippen LogP contribution >= 0.6 is 0 Å². The molecule has 7 heteroatoms. The molecule has 1 fully saturated rings. The second-order valence-electron chi connectivity index (χ2n) is 5.45. The van der Waals surface area contributed by atoms with Crippen LogP contribution in [0.15, 0.2) is 0 Å². The summed E-state index contributed by atoms with van der Waals surface area (Å²) in [5, 5.41) is 3.11. The minimum absolute atomic E-state index is 0.125. The van der Waals surface area contributed by atoms with Gasteiger partial charge in [-0.05, 0) is 19.9 Å². The maximum absolute atomic E-state index is 6.31. The predicted octanol–water partition coefficient (Wildman–Crippen LogP) is -2.71. The Morgan fingerprint density at radius 1 is 1.11 bits per heavy atom. The number of likely N-dealkylation sites (N-methyl/N-ethyl adjacent to an activating group) is 1. The first-order valence-corrected chi connectivity index (χ1v) is 7.12. The molecular weight excluding hydrogens is 242 g/mol. The number of nitrogens with two attached hydrogens (primary N) is 5. The zero-order chi connectivity index (χ0) is 14.5. The molecule has 11 N–H and O–H groups in total. The molecule has 0 spiro atoms. The van der Waals surface area contributed by atoms with E-state index >= 15 is 0 Å². The molecule has 0 aromatic carbocycles. The van der Waals surface area contributed by atoms with E-state index in [1.54, 1.807) is 0 Å². The molecule has 0 saturated carbocycles. The van der Waals surface area contributed by atoms with Gasteiger partial charge in [0.15, 0.2) is 0 Å². The van der Waals surface area contributed by atoms with Gasteiger partial charge < -0.3 is 34.0 Å². The highest BCUT2D eigenvalue weighted by Gasteiger charge is 2.48. The van der Waals surface area contributed by atoms with Gasteiger partial charge in [-0.1, -0.05) is 6.42 Å². The third-order valence-electron chi connectivity index (χ3n) is 4.37. The average molecular weight is 273 g/mol. The van der Waals surface area contributed by atoms with Crippen molar-refractivity contribution in [2.24, 2.45) is 28.7 Å². The molecule has 3 unspecified atom stereocenters. The zero-order valence-electron chi connectivity index (χ0n) is 12.0. The minimum atomic E-state index is -0.391. The van der Waals surface area contributed by atoms with E-state index in [1.807, 2.05) is 7.05 Å². The largest absolute Gasteiger partial charge is 0.329 e.